The molecule has 1 amide bonds. The number of piperidine rings is 1. The number of aromatic nitrogens is 2. The van der Waals surface area contributed by atoms with Crippen LogP contribution in [0.1, 0.15) is 30.5 Å². The van der Waals surface area contributed by atoms with Crippen LogP contribution in [0.2, 0.25) is 0 Å². The van der Waals surface area contributed by atoms with E-state index in [1.807, 2.05) is 28.6 Å². The molecular formula is C18H22N4O2S. The van der Waals surface area contributed by atoms with Gasteiger partial charge in [0.2, 0.25) is 5.91 Å². The maximum Gasteiger partial charge on any atom is 0.230 e. The minimum atomic E-state index is -0.286. The minimum absolute atomic E-state index is 0.0344. The van der Waals surface area contributed by atoms with Gasteiger partial charge >= 0.3 is 0 Å². The second-order valence-corrected chi connectivity index (χ2v) is 7.76. The van der Waals surface area contributed by atoms with Gasteiger partial charge in [0.05, 0.1) is 17.7 Å². The molecule has 2 aliphatic heterocycles. The number of hydrogen-bond acceptors (Lipinski definition) is 6. The number of pyridine rings is 1. The molecule has 7 heteroatoms. The maximum absolute atomic E-state index is 13.2. The molecule has 6 nitrogen and oxygen atoms in total. The zero-order valence-corrected chi connectivity index (χ0v) is 14.9. The van der Waals surface area contributed by atoms with Gasteiger partial charge in [0.25, 0.3) is 0 Å². The third-order valence-corrected chi connectivity index (χ3v) is 6.20. The molecule has 0 aliphatic carbocycles. The fourth-order valence-corrected chi connectivity index (χ4v) is 4.79. The van der Waals surface area contributed by atoms with Gasteiger partial charge in [-0.3, -0.25) is 9.78 Å². The highest BCUT2D eigenvalue weighted by atomic mass is 32.1. The molecule has 0 bridgehead atoms. The maximum atomic E-state index is 13.2. The molecule has 2 fully saturated rings. The van der Waals surface area contributed by atoms with E-state index in [4.69, 9.17) is 0 Å². The number of likely N-dealkylation sites (tertiary alicyclic amines) is 1. The average Bonchev–Trinajstić information content (AvgIpc) is 3.28. The van der Waals surface area contributed by atoms with Crippen LogP contribution < -0.4 is 4.90 Å². The van der Waals surface area contributed by atoms with E-state index in [1.165, 1.54) is 0 Å². The monoisotopic (exact) mass is 358 g/mol. The number of aliphatic hydroxyl groups excluding tert-OH is 1. The molecule has 4 rings (SSSR count). The topological polar surface area (TPSA) is 69.6 Å². The van der Waals surface area contributed by atoms with E-state index in [0.29, 0.717) is 12.2 Å². The van der Waals surface area contributed by atoms with Gasteiger partial charge in [-0.2, -0.15) is 0 Å². The Labute approximate surface area is 151 Å². The van der Waals surface area contributed by atoms with Crippen molar-refractivity contribution in [3.63, 3.8) is 0 Å². The number of carbonyl (C=O) groups is 1. The molecule has 2 aliphatic rings. The highest BCUT2D eigenvalue weighted by Crippen LogP contribution is 2.42. The van der Waals surface area contributed by atoms with E-state index >= 15 is 0 Å². The fraction of sp³-hybridized carbons (Fsp3) is 0.500. The molecule has 1 spiro atoms. The molecule has 0 saturated carbocycles. The van der Waals surface area contributed by atoms with Gasteiger partial charge < -0.3 is 14.9 Å². The summed E-state index contributed by atoms with van der Waals surface area (Å²) in [6, 6.07) is 3.94. The summed E-state index contributed by atoms with van der Waals surface area (Å²) in [5, 5.41) is 12.0. The molecule has 2 saturated heterocycles. The number of amides is 1. The Morgan fingerprint density at radius 3 is 3.00 bits per heavy atom. The standard InChI is InChI=1S/C18H22N4O2S/c23-11-15-12-25-17(20-15)22-8-5-18(13-22)4-2-7-21(16(18)24)10-14-3-1-6-19-9-14/h1,3,6,9,12,23H,2,4-5,7-8,10-11,13H2/t18-/m1/s1. The summed E-state index contributed by atoms with van der Waals surface area (Å²) in [5.74, 6) is 0.268. The van der Waals surface area contributed by atoms with E-state index in [9.17, 15) is 9.90 Å². The van der Waals surface area contributed by atoms with Gasteiger partial charge in [-0.05, 0) is 30.9 Å². The lowest BCUT2D eigenvalue weighted by Crippen LogP contribution is -2.49. The van der Waals surface area contributed by atoms with Crippen molar-refractivity contribution in [2.75, 3.05) is 24.5 Å². The van der Waals surface area contributed by atoms with Crippen LogP contribution in [0.4, 0.5) is 5.13 Å². The fourth-order valence-electron chi connectivity index (χ4n) is 3.94. The normalized spacial score (nSPS) is 23.6. The van der Waals surface area contributed by atoms with E-state index in [2.05, 4.69) is 14.9 Å². The number of rotatable bonds is 4. The SMILES string of the molecule is O=C1N(Cc2cccnc2)CCC[C@]12CCN(c1nc(CO)cs1)C2. The van der Waals surface area contributed by atoms with E-state index in [0.717, 1.165) is 49.6 Å². The third-order valence-electron chi connectivity index (χ3n) is 5.25. The van der Waals surface area contributed by atoms with Gasteiger partial charge in [-0.15, -0.1) is 11.3 Å². The summed E-state index contributed by atoms with van der Waals surface area (Å²) in [5.41, 5.74) is 1.50. The van der Waals surface area contributed by atoms with Crippen molar-refractivity contribution in [2.24, 2.45) is 5.41 Å². The average molecular weight is 358 g/mol. The number of aliphatic hydroxyl groups is 1. The van der Waals surface area contributed by atoms with E-state index < -0.39 is 0 Å². The second kappa shape index (κ2) is 6.72. The summed E-state index contributed by atoms with van der Waals surface area (Å²) in [6.07, 6.45) is 6.46. The van der Waals surface area contributed by atoms with Gasteiger partial charge in [0.1, 0.15) is 0 Å². The van der Waals surface area contributed by atoms with Crippen molar-refractivity contribution >= 4 is 22.4 Å². The van der Waals surface area contributed by atoms with Crippen LogP contribution in [0.25, 0.3) is 0 Å². The van der Waals surface area contributed by atoms with E-state index in [-0.39, 0.29) is 17.9 Å². The predicted molar refractivity (Wildman–Crippen MR) is 96.2 cm³/mol. The Balaban J connectivity index is 1.48. The van der Waals surface area contributed by atoms with Crippen molar-refractivity contribution in [1.29, 1.82) is 0 Å². The zero-order valence-electron chi connectivity index (χ0n) is 14.1. The van der Waals surface area contributed by atoms with Crippen LogP contribution in [0.3, 0.4) is 0 Å². The van der Waals surface area contributed by atoms with Crippen LogP contribution in [0, 0.1) is 5.41 Å². The summed E-state index contributed by atoms with van der Waals surface area (Å²) < 4.78 is 0. The van der Waals surface area contributed by atoms with Crippen molar-refractivity contribution < 1.29 is 9.90 Å². The Hall–Kier alpha value is -1.99. The minimum Gasteiger partial charge on any atom is -0.390 e. The number of nitrogens with zero attached hydrogens (tertiary/aromatic N) is 4. The molecular weight excluding hydrogens is 336 g/mol. The molecule has 0 radical (unpaired) electrons. The summed E-state index contributed by atoms with van der Waals surface area (Å²) in [4.78, 5) is 26.0. The molecule has 0 unspecified atom stereocenters. The highest BCUT2D eigenvalue weighted by molar-refractivity contribution is 7.13. The van der Waals surface area contributed by atoms with Crippen molar-refractivity contribution in [1.82, 2.24) is 14.9 Å². The lowest BCUT2D eigenvalue weighted by molar-refractivity contribution is -0.145. The van der Waals surface area contributed by atoms with Gasteiger partial charge in [0.15, 0.2) is 5.13 Å². The Bertz CT molecular complexity index is 751. The zero-order chi connectivity index (χ0) is 17.3. The van der Waals surface area contributed by atoms with Crippen LogP contribution >= 0.6 is 11.3 Å². The van der Waals surface area contributed by atoms with Crippen LogP contribution in [0.15, 0.2) is 29.9 Å². The molecule has 25 heavy (non-hydrogen) atoms. The first-order valence-corrected chi connectivity index (χ1v) is 9.57. The molecule has 1 atom stereocenters. The smallest absolute Gasteiger partial charge is 0.230 e. The largest absolute Gasteiger partial charge is 0.390 e. The number of thiazole rings is 1. The quantitative estimate of drug-likeness (QED) is 0.906. The Morgan fingerprint density at radius 2 is 2.24 bits per heavy atom. The lowest BCUT2D eigenvalue weighted by atomic mass is 9.78. The Kier molecular flexibility index (Phi) is 4.43. The highest BCUT2D eigenvalue weighted by Gasteiger charge is 2.48. The molecule has 4 heterocycles. The number of carbonyl (C=O) groups excluding carboxylic acids is 1. The summed E-state index contributed by atoms with van der Waals surface area (Å²) in [6.45, 7) is 3.01. The summed E-state index contributed by atoms with van der Waals surface area (Å²) in [7, 11) is 0. The lowest BCUT2D eigenvalue weighted by Gasteiger charge is -2.39. The van der Waals surface area contributed by atoms with Crippen molar-refractivity contribution in [3.8, 4) is 0 Å². The molecule has 132 valence electrons. The Morgan fingerprint density at radius 1 is 1.32 bits per heavy atom. The van der Waals surface area contributed by atoms with Gasteiger partial charge in [0, 0.05) is 44.0 Å². The first-order valence-electron chi connectivity index (χ1n) is 8.69. The number of hydrogen-bond donors (Lipinski definition) is 1. The second-order valence-electron chi connectivity index (χ2n) is 6.92. The van der Waals surface area contributed by atoms with Crippen LogP contribution in [0.5, 0.6) is 0 Å². The van der Waals surface area contributed by atoms with Crippen molar-refractivity contribution in [2.45, 2.75) is 32.4 Å². The molecule has 2 aromatic rings. The molecule has 2 aromatic heterocycles. The summed E-state index contributed by atoms with van der Waals surface area (Å²) >= 11 is 1.55. The van der Waals surface area contributed by atoms with E-state index in [1.54, 1.807) is 17.5 Å². The first-order chi connectivity index (χ1) is 12.2. The van der Waals surface area contributed by atoms with Gasteiger partial charge in [-0.1, -0.05) is 6.07 Å². The van der Waals surface area contributed by atoms with Crippen LogP contribution in [-0.4, -0.2) is 45.5 Å². The molecule has 0 aromatic carbocycles. The van der Waals surface area contributed by atoms with Gasteiger partial charge in [-0.25, -0.2) is 4.98 Å². The number of anilines is 1. The predicted octanol–water partition coefficient (Wildman–Crippen LogP) is 2.05. The first kappa shape index (κ1) is 16.5. The van der Waals surface area contributed by atoms with Crippen molar-refractivity contribution in [3.05, 3.63) is 41.2 Å². The van der Waals surface area contributed by atoms with Crippen LogP contribution in [-0.2, 0) is 17.9 Å². The third kappa shape index (κ3) is 3.14. The molecule has 1 N–H and O–H groups in total.